The average molecular weight is 440 g/mol. The lowest BCUT2D eigenvalue weighted by atomic mass is 9.98. The standard InChI is InChI=1S/C24H29N3O5/c1-3-4-13-27(32-16-22(28)25-2)23(29)14-26-24(30)31-15-21-19-11-7-5-9-17(19)18-10-6-8-12-20(18)21/h5-12,21H,3-4,13-16H2,1-2H3,(H,25,28)(H,26,30). The van der Waals surface area contributed by atoms with E-state index in [4.69, 9.17) is 9.57 Å². The summed E-state index contributed by atoms with van der Waals surface area (Å²) in [6.45, 7) is 1.93. The lowest BCUT2D eigenvalue weighted by molar-refractivity contribution is -0.187. The molecule has 1 aliphatic carbocycles. The van der Waals surface area contributed by atoms with Crippen molar-refractivity contribution in [2.75, 3.05) is 33.4 Å². The maximum Gasteiger partial charge on any atom is 0.407 e. The van der Waals surface area contributed by atoms with Gasteiger partial charge in [-0.05, 0) is 28.7 Å². The maximum atomic E-state index is 12.4. The van der Waals surface area contributed by atoms with E-state index >= 15 is 0 Å². The second-order valence-electron chi connectivity index (χ2n) is 7.48. The Morgan fingerprint density at radius 2 is 1.62 bits per heavy atom. The first-order valence-electron chi connectivity index (χ1n) is 10.8. The summed E-state index contributed by atoms with van der Waals surface area (Å²) in [5, 5.41) is 6.03. The minimum Gasteiger partial charge on any atom is -0.449 e. The molecule has 2 aromatic carbocycles. The zero-order chi connectivity index (χ0) is 22.9. The summed E-state index contributed by atoms with van der Waals surface area (Å²) in [6.07, 6.45) is 0.888. The van der Waals surface area contributed by atoms with Crippen LogP contribution in [0.15, 0.2) is 48.5 Å². The Bertz CT molecular complexity index is 917. The van der Waals surface area contributed by atoms with Crippen molar-refractivity contribution in [3.05, 3.63) is 59.7 Å². The number of nitrogens with zero attached hydrogens (tertiary/aromatic N) is 1. The van der Waals surface area contributed by atoms with Gasteiger partial charge in [-0.1, -0.05) is 61.9 Å². The summed E-state index contributed by atoms with van der Waals surface area (Å²) in [5.41, 5.74) is 4.52. The van der Waals surface area contributed by atoms with Crippen LogP contribution in [-0.2, 0) is 19.2 Å². The molecule has 0 saturated heterocycles. The van der Waals surface area contributed by atoms with Gasteiger partial charge in [-0.3, -0.25) is 14.4 Å². The molecule has 170 valence electrons. The fraction of sp³-hybridized carbons (Fsp3) is 0.375. The number of benzene rings is 2. The zero-order valence-corrected chi connectivity index (χ0v) is 18.4. The summed E-state index contributed by atoms with van der Waals surface area (Å²) < 4.78 is 5.44. The van der Waals surface area contributed by atoms with E-state index in [2.05, 4.69) is 22.8 Å². The molecule has 0 atom stereocenters. The monoisotopic (exact) mass is 439 g/mol. The number of rotatable bonds is 10. The fourth-order valence-electron chi connectivity index (χ4n) is 3.66. The van der Waals surface area contributed by atoms with Crippen LogP contribution < -0.4 is 10.6 Å². The Morgan fingerprint density at radius 1 is 1.00 bits per heavy atom. The van der Waals surface area contributed by atoms with E-state index < -0.39 is 12.0 Å². The van der Waals surface area contributed by atoms with Gasteiger partial charge >= 0.3 is 6.09 Å². The predicted octanol–water partition coefficient (Wildman–Crippen LogP) is 2.83. The molecule has 0 aromatic heterocycles. The molecule has 32 heavy (non-hydrogen) atoms. The molecule has 0 aliphatic heterocycles. The van der Waals surface area contributed by atoms with Crippen LogP contribution in [0.1, 0.15) is 36.8 Å². The number of carbonyl (C=O) groups excluding carboxylic acids is 3. The highest BCUT2D eigenvalue weighted by atomic mass is 16.7. The predicted molar refractivity (Wildman–Crippen MR) is 120 cm³/mol. The third-order valence-corrected chi connectivity index (χ3v) is 5.35. The largest absolute Gasteiger partial charge is 0.449 e. The number of hydroxylamine groups is 2. The van der Waals surface area contributed by atoms with Crippen molar-refractivity contribution in [2.24, 2.45) is 0 Å². The molecule has 8 heteroatoms. The minimum atomic E-state index is -0.679. The number of amides is 3. The second kappa shape index (κ2) is 11.3. The highest BCUT2D eigenvalue weighted by molar-refractivity contribution is 5.82. The second-order valence-corrected chi connectivity index (χ2v) is 7.48. The van der Waals surface area contributed by atoms with Crippen LogP contribution in [0, 0.1) is 0 Å². The van der Waals surface area contributed by atoms with Gasteiger partial charge in [-0.15, -0.1) is 0 Å². The fourth-order valence-corrected chi connectivity index (χ4v) is 3.66. The van der Waals surface area contributed by atoms with Crippen LogP contribution in [0.4, 0.5) is 4.79 Å². The quantitative estimate of drug-likeness (QED) is 0.555. The van der Waals surface area contributed by atoms with Crippen LogP contribution in [0.25, 0.3) is 11.1 Å². The maximum absolute atomic E-state index is 12.4. The number of carbonyl (C=O) groups is 3. The van der Waals surface area contributed by atoms with Crippen LogP contribution in [-0.4, -0.2) is 56.3 Å². The molecule has 0 heterocycles. The number of nitrogens with one attached hydrogen (secondary N) is 2. The van der Waals surface area contributed by atoms with Gasteiger partial charge < -0.3 is 15.4 Å². The van der Waals surface area contributed by atoms with Crippen molar-refractivity contribution in [3.8, 4) is 11.1 Å². The first kappa shape index (κ1) is 23.3. The lowest BCUT2D eigenvalue weighted by Crippen LogP contribution is -2.42. The van der Waals surface area contributed by atoms with E-state index in [0.717, 1.165) is 33.7 Å². The summed E-state index contributed by atoms with van der Waals surface area (Å²) in [5.74, 6) is -0.847. The molecular weight excluding hydrogens is 410 g/mol. The first-order valence-corrected chi connectivity index (χ1v) is 10.8. The van der Waals surface area contributed by atoms with E-state index in [1.165, 1.54) is 7.05 Å². The van der Waals surface area contributed by atoms with E-state index in [1.54, 1.807) is 0 Å². The Labute approximate surface area is 187 Å². The van der Waals surface area contributed by atoms with Gasteiger partial charge in [0, 0.05) is 19.5 Å². The van der Waals surface area contributed by atoms with Crippen molar-refractivity contribution < 1.29 is 24.0 Å². The number of hydrogen-bond donors (Lipinski definition) is 2. The lowest BCUT2D eigenvalue weighted by Gasteiger charge is -2.21. The van der Waals surface area contributed by atoms with Gasteiger partial charge in [0.15, 0.2) is 6.61 Å². The molecule has 2 N–H and O–H groups in total. The van der Waals surface area contributed by atoms with Crippen LogP contribution in [0.2, 0.25) is 0 Å². The van der Waals surface area contributed by atoms with Crippen LogP contribution in [0.3, 0.4) is 0 Å². The third kappa shape index (κ3) is 5.64. The molecule has 8 nitrogen and oxygen atoms in total. The Morgan fingerprint density at radius 3 is 2.22 bits per heavy atom. The minimum absolute atomic E-state index is 0.0548. The van der Waals surface area contributed by atoms with E-state index in [1.807, 2.05) is 43.3 Å². The van der Waals surface area contributed by atoms with Crippen molar-refractivity contribution in [1.29, 1.82) is 0 Å². The van der Waals surface area contributed by atoms with Crippen LogP contribution in [0.5, 0.6) is 0 Å². The van der Waals surface area contributed by atoms with Crippen molar-refractivity contribution in [1.82, 2.24) is 15.7 Å². The molecule has 2 aromatic rings. The highest BCUT2D eigenvalue weighted by Crippen LogP contribution is 2.44. The molecule has 3 amide bonds. The van der Waals surface area contributed by atoms with Crippen molar-refractivity contribution in [2.45, 2.75) is 25.7 Å². The molecule has 0 bridgehead atoms. The molecule has 1 aliphatic rings. The van der Waals surface area contributed by atoms with E-state index in [0.29, 0.717) is 13.0 Å². The molecular formula is C24H29N3O5. The van der Waals surface area contributed by atoms with Gasteiger partial charge in [0.1, 0.15) is 13.2 Å². The number of alkyl carbamates (subject to hydrolysis) is 1. The van der Waals surface area contributed by atoms with E-state index in [-0.39, 0.29) is 31.6 Å². The smallest absolute Gasteiger partial charge is 0.407 e. The Hall–Kier alpha value is -3.39. The van der Waals surface area contributed by atoms with Gasteiger partial charge in [-0.25, -0.2) is 9.86 Å². The van der Waals surface area contributed by atoms with E-state index in [9.17, 15) is 14.4 Å². The van der Waals surface area contributed by atoms with Crippen LogP contribution >= 0.6 is 0 Å². The Balaban J connectivity index is 1.53. The summed E-state index contributed by atoms with van der Waals surface area (Å²) in [4.78, 5) is 41.4. The highest BCUT2D eigenvalue weighted by Gasteiger charge is 2.29. The topological polar surface area (TPSA) is 97.0 Å². The summed E-state index contributed by atoms with van der Waals surface area (Å²) in [7, 11) is 1.49. The number of unbranched alkanes of at least 4 members (excludes halogenated alkanes) is 1. The van der Waals surface area contributed by atoms with Gasteiger partial charge in [0.25, 0.3) is 5.91 Å². The van der Waals surface area contributed by atoms with Crippen molar-refractivity contribution in [3.63, 3.8) is 0 Å². The van der Waals surface area contributed by atoms with Gasteiger partial charge in [0.2, 0.25) is 5.91 Å². The first-order chi connectivity index (χ1) is 15.5. The molecule has 0 unspecified atom stereocenters. The SMILES string of the molecule is CCCCN(OCC(=O)NC)C(=O)CNC(=O)OCC1c2ccccc2-c2ccccc21. The molecule has 0 spiro atoms. The number of fused-ring (bicyclic) bond motifs is 3. The number of ether oxygens (including phenoxy) is 1. The summed E-state index contributed by atoms with van der Waals surface area (Å²) >= 11 is 0. The molecule has 0 radical (unpaired) electrons. The number of likely N-dealkylation sites (N-methyl/N-ethyl adjacent to an activating group) is 1. The third-order valence-electron chi connectivity index (χ3n) is 5.35. The molecule has 0 fully saturated rings. The average Bonchev–Trinajstić information content (AvgIpc) is 3.14. The zero-order valence-electron chi connectivity index (χ0n) is 18.4. The van der Waals surface area contributed by atoms with Gasteiger partial charge in [0.05, 0.1) is 0 Å². The Kier molecular flexibility index (Phi) is 8.21. The molecule has 0 saturated carbocycles. The normalized spacial score (nSPS) is 11.9. The number of hydrogen-bond acceptors (Lipinski definition) is 5. The summed E-state index contributed by atoms with van der Waals surface area (Å²) in [6, 6.07) is 16.1. The van der Waals surface area contributed by atoms with Gasteiger partial charge in [-0.2, -0.15) is 0 Å². The van der Waals surface area contributed by atoms with Crippen molar-refractivity contribution >= 4 is 17.9 Å². The molecule has 3 rings (SSSR count).